The molecule has 0 bridgehead atoms. The molecule has 270 valence electrons. The molecule has 0 atom stereocenters. The van der Waals surface area contributed by atoms with Crippen LogP contribution in [0.25, 0.3) is 110 Å². The highest BCUT2D eigenvalue weighted by molar-refractivity contribution is 6.31. The quantitative estimate of drug-likeness (QED) is 0.122. The van der Waals surface area contributed by atoms with E-state index in [1.54, 1.807) is 0 Å². The van der Waals surface area contributed by atoms with E-state index in [4.69, 9.17) is 0 Å². The van der Waals surface area contributed by atoms with Crippen molar-refractivity contribution >= 4 is 54.2 Å². The summed E-state index contributed by atoms with van der Waals surface area (Å²) < 4.78 is 0. The van der Waals surface area contributed by atoms with Gasteiger partial charge >= 0.3 is 0 Å². The van der Waals surface area contributed by atoms with Crippen molar-refractivity contribution in [3.05, 3.63) is 193 Å². The van der Waals surface area contributed by atoms with Crippen molar-refractivity contribution in [3.63, 3.8) is 0 Å². The van der Waals surface area contributed by atoms with Crippen LogP contribution in [0.2, 0.25) is 0 Å². The fraction of sp³-hybridized carbons (Fsp3) is 0.0877. The third kappa shape index (κ3) is 4.87. The molecule has 11 rings (SSSR count). The maximum absolute atomic E-state index is 4.19. The van der Waals surface area contributed by atoms with Crippen LogP contribution in [0.3, 0.4) is 0 Å². The second-order valence-electron chi connectivity index (χ2n) is 16.8. The normalized spacial score (nSPS) is 13.4. The highest BCUT2D eigenvalue weighted by atomic mass is 14.3. The van der Waals surface area contributed by atoms with Gasteiger partial charge in [0.1, 0.15) is 0 Å². The zero-order valence-corrected chi connectivity index (χ0v) is 32.9. The van der Waals surface area contributed by atoms with Crippen molar-refractivity contribution in [1.29, 1.82) is 0 Å². The summed E-state index contributed by atoms with van der Waals surface area (Å²) in [5, 5.41) is 10.4. The lowest BCUT2D eigenvalue weighted by molar-refractivity contribution is 0.517. The highest BCUT2D eigenvalue weighted by Crippen LogP contribution is 2.59. The summed E-state index contributed by atoms with van der Waals surface area (Å²) in [6.45, 7) is 13.3. The molecule has 0 heterocycles. The molecular formula is C57H42. The Balaban J connectivity index is 1.24. The Morgan fingerprint density at radius 1 is 0.439 bits per heavy atom. The minimum Gasteiger partial charge on any atom is -0.0988 e. The predicted molar refractivity (Wildman–Crippen MR) is 247 cm³/mol. The van der Waals surface area contributed by atoms with Crippen molar-refractivity contribution in [2.75, 3.05) is 0 Å². The van der Waals surface area contributed by atoms with Crippen molar-refractivity contribution in [2.24, 2.45) is 5.41 Å². The van der Waals surface area contributed by atoms with E-state index >= 15 is 0 Å². The van der Waals surface area contributed by atoms with Crippen LogP contribution < -0.4 is 0 Å². The first-order valence-electron chi connectivity index (χ1n) is 20.1. The van der Waals surface area contributed by atoms with Crippen molar-refractivity contribution in [1.82, 2.24) is 0 Å². The topological polar surface area (TPSA) is 0 Å². The minimum absolute atomic E-state index is 0.00316. The second kappa shape index (κ2) is 12.4. The fourth-order valence-corrected chi connectivity index (χ4v) is 10.0. The Hall–Kier alpha value is -6.76. The largest absolute Gasteiger partial charge is 0.0988 e. The Morgan fingerprint density at radius 2 is 1.04 bits per heavy atom. The molecule has 2 aliphatic carbocycles. The molecule has 0 amide bonds. The molecule has 0 nitrogen and oxygen atoms in total. The number of hydrogen-bond donors (Lipinski definition) is 0. The molecule has 9 aromatic rings. The van der Waals surface area contributed by atoms with Crippen molar-refractivity contribution in [2.45, 2.75) is 27.7 Å². The Morgan fingerprint density at radius 3 is 1.75 bits per heavy atom. The van der Waals surface area contributed by atoms with Gasteiger partial charge < -0.3 is 0 Å². The molecule has 0 saturated carbocycles. The van der Waals surface area contributed by atoms with Gasteiger partial charge in [0, 0.05) is 0 Å². The first-order valence-corrected chi connectivity index (χ1v) is 20.1. The second-order valence-corrected chi connectivity index (χ2v) is 16.8. The molecule has 0 radical (unpaired) electrons. The zero-order valence-electron chi connectivity index (χ0n) is 32.9. The van der Waals surface area contributed by atoms with Gasteiger partial charge in [0.2, 0.25) is 0 Å². The molecule has 9 aromatic carbocycles. The number of fused-ring (bicyclic) bond motifs is 6. The van der Waals surface area contributed by atoms with E-state index in [2.05, 4.69) is 198 Å². The van der Waals surface area contributed by atoms with Crippen LogP contribution >= 0.6 is 0 Å². The molecular weight excluding hydrogens is 685 g/mol. The van der Waals surface area contributed by atoms with Crippen LogP contribution in [0, 0.1) is 5.41 Å². The summed E-state index contributed by atoms with van der Waals surface area (Å²) in [5.74, 6) is 0. The summed E-state index contributed by atoms with van der Waals surface area (Å²) in [6, 6.07) is 59.2. The van der Waals surface area contributed by atoms with Crippen LogP contribution in [0.5, 0.6) is 0 Å². The van der Waals surface area contributed by atoms with Gasteiger partial charge in [0.25, 0.3) is 0 Å². The van der Waals surface area contributed by atoms with Gasteiger partial charge in [0.15, 0.2) is 0 Å². The van der Waals surface area contributed by atoms with Gasteiger partial charge in [-0.05, 0) is 151 Å². The summed E-state index contributed by atoms with van der Waals surface area (Å²) in [7, 11) is 0. The Bertz CT molecular complexity index is 3250. The lowest BCUT2D eigenvalue weighted by Crippen LogP contribution is -2.07. The SMILES string of the molecule is C=C/C(=C\C1=C(C)c2cccc3c(-c4ccc5c(-c6ccccc6)c6c(c(-c7ccccc7)c5c4)-c4cc5ccccc5c5cccc-6c45)ccc1c23)C(C)(C)C. The fourth-order valence-electron chi connectivity index (χ4n) is 10.0. The standard InChI is InChI=1S/C57H42/c1-6-39(57(3,4)5)33-48-34(2)40-23-15-24-44-42(29-30-45(48)53(40)44)38-27-28-46-49(31-38)52(36-19-11-8-12-20-36)56-50-32-37-21-13-14-22-41(37)43-25-16-26-47(54(43)50)55(56)51(46)35-17-9-7-10-18-35/h6-33H,1H2,2-5H3/b39-33+. The van der Waals surface area contributed by atoms with Crippen LogP contribution in [0.4, 0.5) is 0 Å². The maximum Gasteiger partial charge on any atom is -0.000719 e. The molecule has 0 unspecified atom stereocenters. The predicted octanol–water partition coefficient (Wildman–Crippen LogP) is 16.4. The zero-order chi connectivity index (χ0) is 38.6. The van der Waals surface area contributed by atoms with E-state index in [9.17, 15) is 0 Å². The third-order valence-electron chi connectivity index (χ3n) is 12.7. The minimum atomic E-state index is 0.00316. The van der Waals surface area contributed by atoms with Gasteiger partial charge in [-0.25, -0.2) is 0 Å². The summed E-state index contributed by atoms with van der Waals surface area (Å²) in [6.07, 6.45) is 4.39. The molecule has 57 heavy (non-hydrogen) atoms. The first kappa shape index (κ1) is 33.6. The first-order chi connectivity index (χ1) is 27.8. The van der Waals surface area contributed by atoms with E-state index in [1.165, 1.54) is 127 Å². The number of rotatable bonds is 5. The van der Waals surface area contributed by atoms with Gasteiger partial charge in [-0.1, -0.05) is 185 Å². The van der Waals surface area contributed by atoms with E-state index in [0.717, 1.165) is 0 Å². The molecule has 0 heteroatoms. The molecule has 0 N–H and O–H groups in total. The number of hydrogen-bond acceptors (Lipinski definition) is 0. The smallest absolute Gasteiger partial charge is 0.000719 e. The number of benzene rings is 9. The van der Waals surface area contributed by atoms with Gasteiger partial charge in [0.05, 0.1) is 0 Å². The Labute approximate surface area is 334 Å². The average Bonchev–Trinajstić information content (AvgIpc) is 3.71. The van der Waals surface area contributed by atoms with Crippen molar-refractivity contribution < 1.29 is 0 Å². The third-order valence-corrected chi connectivity index (χ3v) is 12.7. The van der Waals surface area contributed by atoms with Crippen LogP contribution in [0.1, 0.15) is 38.8 Å². The van der Waals surface area contributed by atoms with Crippen LogP contribution in [-0.2, 0) is 0 Å². The Kier molecular flexibility index (Phi) is 7.29. The molecule has 0 saturated heterocycles. The van der Waals surface area contributed by atoms with E-state index < -0.39 is 0 Å². The molecule has 0 aromatic heterocycles. The molecule has 0 aliphatic heterocycles. The van der Waals surface area contributed by atoms with Gasteiger partial charge in [-0.3, -0.25) is 0 Å². The van der Waals surface area contributed by atoms with Crippen LogP contribution in [-0.4, -0.2) is 0 Å². The van der Waals surface area contributed by atoms with E-state index in [0.29, 0.717) is 0 Å². The lowest BCUT2D eigenvalue weighted by atomic mass is 9.81. The summed E-state index contributed by atoms with van der Waals surface area (Å²) in [5.41, 5.74) is 19.3. The summed E-state index contributed by atoms with van der Waals surface area (Å²) >= 11 is 0. The summed E-state index contributed by atoms with van der Waals surface area (Å²) in [4.78, 5) is 0. The molecule has 2 aliphatic rings. The van der Waals surface area contributed by atoms with Crippen LogP contribution in [0.15, 0.2) is 182 Å². The van der Waals surface area contributed by atoms with E-state index in [-0.39, 0.29) is 5.41 Å². The average molecular weight is 727 g/mol. The van der Waals surface area contributed by atoms with Gasteiger partial charge in [-0.15, -0.1) is 0 Å². The van der Waals surface area contributed by atoms with Crippen molar-refractivity contribution in [3.8, 4) is 55.6 Å². The number of allylic oxidation sites excluding steroid dienone is 5. The highest BCUT2D eigenvalue weighted by Gasteiger charge is 2.32. The maximum atomic E-state index is 4.19. The lowest BCUT2D eigenvalue weighted by Gasteiger charge is -2.22. The molecule has 0 spiro atoms. The monoisotopic (exact) mass is 726 g/mol. The molecule has 0 fully saturated rings. The van der Waals surface area contributed by atoms with Gasteiger partial charge in [-0.2, -0.15) is 0 Å². The van der Waals surface area contributed by atoms with E-state index in [1.807, 2.05) is 6.08 Å².